The lowest BCUT2D eigenvalue weighted by molar-refractivity contribution is -0.141. The Morgan fingerprint density at radius 1 is 1.05 bits per heavy atom. The van der Waals surface area contributed by atoms with Gasteiger partial charge in [0.25, 0.3) is 0 Å². The lowest BCUT2D eigenvalue weighted by Crippen LogP contribution is -2.45. The van der Waals surface area contributed by atoms with Crippen molar-refractivity contribution < 1.29 is 9.53 Å². The molecule has 1 aliphatic carbocycles. The number of rotatable bonds is 5. The number of hydrogen-bond acceptors (Lipinski definition) is 3. The van der Waals surface area contributed by atoms with E-state index in [9.17, 15) is 4.79 Å². The van der Waals surface area contributed by atoms with Crippen molar-refractivity contribution in [2.45, 2.75) is 63.8 Å². The molecule has 2 aliphatic rings. The third-order valence-corrected chi connectivity index (χ3v) is 4.72. The fourth-order valence-corrected chi connectivity index (χ4v) is 3.48. The lowest BCUT2D eigenvalue weighted by atomic mass is 9.96. The number of ether oxygens (including phenoxy) is 1. The maximum Gasteiger partial charge on any atom is 0.226 e. The van der Waals surface area contributed by atoms with E-state index in [0.717, 1.165) is 39.0 Å². The van der Waals surface area contributed by atoms with Crippen LogP contribution in [0.25, 0.3) is 0 Å². The van der Waals surface area contributed by atoms with Gasteiger partial charge in [-0.2, -0.15) is 0 Å². The van der Waals surface area contributed by atoms with Crippen LogP contribution in [0.2, 0.25) is 0 Å². The molecule has 0 aromatic carbocycles. The molecule has 1 saturated heterocycles. The average molecular weight is 282 g/mol. The molecule has 2 rings (SSSR count). The zero-order valence-corrected chi connectivity index (χ0v) is 12.7. The number of carbonyl (C=O) groups is 1. The maximum absolute atomic E-state index is 12.8. The van der Waals surface area contributed by atoms with Gasteiger partial charge in [-0.05, 0) is 38.6 Å². The zero-order chi connectivity index (χ0) is 14.2. The SMILES string of the molecule is NCCCN(C(=O)C1CCOCC1)C1CCCCCC1. The molecule has 20 heavy (non-hydrogen) atoms. The molecule has 2 N–H and O–H groups in total. The smallest absolute Gasteiger partial charge is 0.226 e. The summed E-state index contributed by atoms with van der Waals surface area (Å²) in [6, 6.07) is 0.458. The Kier molecular flexibility index (Phi) is 6.80. The molecule has 0 aromatic rings. The fourth-order valence-electron chi connectivity index (χ4n) is 3.48. The Labute approximate surface area is 123 Å². The van der Waals surface area contributed by atoms with Crippen molar-refractivity contribution in [1.82, 2.24) is 4.90 Å². The van der Waals surface area contributed by atoms with Gasteiger partial charge in [-0.15, -0.1) is 0 Å². The summed E-state index contributed by atoms with van der Waals surface area (Å²) in [6.45, 7) is 3.00. The Balaban J connectivity index is 1.98. The predicted molar refractivity (Wildman–Crippen MR) is 80.4 cm³/mol. The molecule has 0 aromatic heterocycles. The summed E-state index contributed by atoms with van der Waals surface area (Å²) in [5, 5.41) is 0. The summed E-state index contributed by atoms with van der Waals surface area (Å²) in [5.74, 6) is 0.554. The molecule has 0 unspecified atom stereocenters. The van der Waals surface area contributed by atoms with E-state index in [2.05, 4.69) is 4.90 Å². The van der Waals surface area contributed by atoms with E-state index in [1.807, 2.05) is 0 Å². The summed E-state index contributed by atoms with van der Waals surface area (Å²) in [7, 11) is 0. The van der Waals surface area contributed by atoms with Gasteiger partial charge in [0.05, 0.1) is 0 Å². The van der Waals surface area contributed by atoms with E-state index in [1.165, 1.54) is 38.5 Å². The van der Waals surface area contributed by atoms with Crippen LogP contribution in [0, 0.1) is 5.92 Å². The number of hydrogen-bond donors (Lipinski definition) is 1. The van der Waals surface area contributed by atoms with Crippen molar-refractivity contribution in [2.24, 2.45) is 11.7 Å². The average Bonchev–Trinajstić information content (AvgIpc) is 2.77. The van der Waals surface area contributed by atoms with Gasteiger partial charge in [0, 0.05) is 31.7 Å². The monoisotopic (exact) mass is 282 g/mol. The van der Waals surface area contributed by atoms with Crippen LogP contribution >= 0.6 is 0 Å². The number of nitrogens with two attached hydrogens (primary N) is 1. The molecule has 4 heteroatoms. The van der Waals surface area contributed by atoms with Crippen molar-refractivity contribution >= 4 is 5.91 Å². The third kappa shape index (κ3) is 4.45. The van der Waals surface area contributed by atoms with Gasteiger partial charge in [0.1, 0.15) is 0 Å². The molecule has 116 valence electrons. The van der Waals surface area contributed by atoms with E-state index < -0.39 is 0 Å². The highest BCUT2D eigenvalue weighted by atomic mass is 16.5. The molecular weight excluding hydrogens is 252 g/mol. The molecule has 1 amide bonds. The van der Waals surface area contributed by atoms with E-state index >= 15 is 0 Å². The first-order valence-electron chi connectivity index (χ1n) is 8.41. The minimum absolute atomic E-state index is 0.185. The summed E-state index contributed by atoms with van der Waals surface area (Å²) in [5.41, 5.74) is 5.66. The van der Waals surface area contributed by atoms with Gasteiger partial charge in [0.15, 0.2) is 0 Å². The van der Waals surface area contributed by atoms with Crippen LogP contribution in [0.15, 0.2) is 0 Å². The van der Waals surface area contributed by atoms with Crippen LogP contribution in [-0.4, -0.2) is 43.2 Å². The Morgan fingerprint density at radius 3 is 2.30 bits per heavy atom. The first-order valence-corrected chi connectivity index (χ1v) is 8.41. The molecule has 0 radical (unpaired) electrons. The van der Waals surface area contributed by atoms with E-state index in [1.54, 1.807) is 0 Å². The maximum atomic E-state index is 12.8. The molecule has 1 saturated carbocycles. The summed E-state index contributed by atoms with van der Waals surface area (Å²) >= 11 is 0. The Morgan fingerprint density at radius 2 is 1.70 bits per heavy atom. The van der Waals surface area contributed by atoms with Gasteiger partial charge in [-0.1, -0.05) is 25.7 Å². The van der Waals surface area contributed by atoms with Gasteiger partial charge in [-0.25, -0.2) is 0 Å². The van der Waals surface area contributed by atoms with Gasteiger partial charge < -0.3 is 15.4 Å². The van der Waals surface area contributed by atoms with Crippen molar-refractivity contribution in [3.63, 3.8) is 0 Å². The van der Waals surface area contributed by atoms with Crippen LogP contribution in [0.1, 0.15) is 57.8 Å². The largest absolute Gasteiger partial charge is 0.381 e. The normalized spacial score (nSPS) is 22.4. The highest BCUT2D eigenvalue weighted by molar-refractivity contribution is 5.79. The second-order valence-corrected chi connectivity index (χ2v) is 6.21. The predicted octanol–water partition coefficient (Wildman–Crippen LogP) is 2.31. The Hall–Kier alpha value is -0.610. The zero-order valence-electron chi connectivity index (χ0n) is 12.7. The van der Waals surface area contributed by atoms with Crippen molar-refractivity contribution in [2.75, 3.05) is 26.3 Å². The molecule has 0 atom stereocenters. The summed E-state index contributed by atoms with van der Waals surface area (Å²) in [6.07, 6.45) is 10.3. The second-order valence-electron chi connectivity index (χ2n) is 6.21. The first kappa shape index (κ1) is 15.8. The van der Waals surface area contributed by atoms with Gasteiger partial charge >= 0.3 is 0 Å². The molecule has 0 spiro atoms. The van der Waals surface area contributed by atoms with Crippen molar-refractivity contribution in [3.05, 3.63) is 0 Å². The fraction of sp³-hybridized carbons (Fsp3) is 0.938. The Bertz CT molecular complexity index is 282. The highest BCUT2D eigenvalue weighted by Crippen LogP contribution is 2.26. The number of nitrogens with zero attached hydrogens (tertiary/aromatic N) is 1. The first-order chi connectivity index (χ1) is 9.83. The lowest BCUT2D eigenvalue weighted by Gasteiger charge is -2.35. The summed E-state index contributed by atoms with van der Waals surface area (Å²) in [4.78, 5) is 15.0. The molecule has 1 heterocycles. The molecule has 1 aliphatic heterocycles. The van der Waals surface area contributed by atoms with Gasteiger partial charge in [0.2, 0.25) is 5.91 Å². The highest BCUT2D eigenvalue weighted by Gasteiger charge is 2.30. The minimum atomic E-state index is 0.185. The summed E-state index contributed by atoms with van der Waals surface area (Å²) < 4.78 is 5.39. The topological polar surface area (TPSA) is 55.6 Å². The third-order valence-electron chi connectivity index (χ3n) is 4.72. The van der Waals surface area contributed by atoms with Crippen LogP contribution in [0.3, 0.4) is 0 Å². The molecular formula is C16H30N2O2. The van der Waals surface area contributed by atoms with Crippen LogP contribution in [-0.2, 0) is 9.53 Å². The van der Waals surface area contributed by atoms with Crippen molar-refractivity contribution in [3.8, 4) is 0 Å². The second kappa shape index (κ2) is 8.63. The van der Waals surface area contributed by atoms with Gasteiger partial charge in [-0.3, -0.25) is 4.79 Å². The van der Waals surface area contributed by atoms with E-state index in [-0.39, 0.29) is 5.92 Å². The van der Waals surface area contributed by atoms with Crippen LogP contribution < -0.4 is 5.73 Å². The minimum Gasteiger partial charge on any atom is -0.381 e. The van der Waals surface area contributed by atoms with Crippen LogP contribution in [0.4, 0.5) is 0 Å². The number of carbonyl (C=O) groups excluding carboxylic acids is 1. The van der Waals surface area contributed by atoms with E-state index in [0.29, 0.717) is 18.5 Å². The molecule has 4 nitrogen and oxygen atoms in total. The number of amides is 1. The molecule has 2 fully saturated rings. The quantitative estimate of drug-likeness (QED) is 0.787. The molecule has 0 bridgehead atoms. The van der Waals surface area contributed by atoms with E-state index in [4.69, 9.17) is 10.5 Å². The van der Waals surface area contributed by atoms with Crippen LogP contribution in [0.5, 0.6) is 0 Å². The standard InChI is InChI=1S/C16H30N2O2/c17-10-5-11-18(15-6-3-1-2-4-7-15)16(19)14-8-12-20-13-9-14/h14-15H,1-13,17H2. The van der Waals surface area contributed by atoms with Crippen molar-refractivity contribution in [1.29, 1.82) is 0 Å².